The van der Waals surface area contributed by atoms with Crippen LogP contribution < -0.4 is 10.1 Å². The lowest BCUT2D eigenvalue weighted by molar-refractivity contribution is 0.165. The van der Waals surface area contributed by atoms with Crippen LogP contribution in [-0.4, -0.2) is 25.4 Å². The van der Waals surface area contributed by atoms with Crippen LogP contribution in [0.1, 0.15) is 32.8 Å². The second kappa shape index (κ2) is 6.55. The highest BCUT2D eigenvalue weighted by atomic mass is 19.1. The Labute approximate surface area is 120 Å². The first-order valence-corrected chi connectivity index (χ1v) is 7.18. The molecule has 1 unspecified atom stereocenters. The second-order valence-electron chi connectivity index (χ2n) is 6.41. The van der Waals surface area contributed by atoms with Crippen molar-refractivity contribution in [1.29, 1.82) is 0 Å². The van der Waals surface area contributed by atoms with Crippen LogP contribution in [0.5, 0.6) is 5.75 Å². The minimum Gasteiger partial charge on any atom is -0.490 e. The summed E-state index contributed by atoms with van der Waals surface area (Å²) in [6.07, 6.45) is 0.995. The second-order valence-corrected chi connectivity index (χ2v) is 6.41. The lowest BCUT2D eigenvalue weighted by Crippen LogP contribution is -2.35. The van der Waals surface area contributed by atoms with Gasteiger partial charge in [0.1, 0.15) is 0 Å². The number of hydrogen-bond acceptors (Lipinski definition) is 3. The molecule has 1 N–H and O–H groups in total. The Morgan fingerprint density at radius 2 is 2.20 bits per heavy atom. The van der Waals surface area contributed by atoms with Crippen molar-refractivity contribution >= 4 is 0 Å². The number of nitrogens with one attached hydrogen (secondary N) is 1. The summed E-state index contributed by atoms with van der Waals surface area (Å²) in [6.45, 7) is 8.94. The van der Waals surface area contributed by atoms with Crippen molar-refractivity contribution in [3.63, 3.8) is 0 Å². The van der Waals surface area contributed by atoms with E-state index in [4.69, 9.17) is 9.47 Å². The maximum absolute atomic E-state index is 14.0. The zero-order chi connectivity index (χ0) is 14.6. The molecule has 112 valence electrons. The molecular weight excluding hydrogens is 257 g/mol. The van der Waals surface area contributed by atoms with Crippen LogP contribution in [0.15, 0.2) is 18.2 Å². The Morgan fingerprint density at radius 3 is 2.80 bits per heavy atom. The van der Waals surface area contributed by atoms with Gasteiger partial charge in [-0.3, -0.25) is 0 Å². The van der Waals surface area contributed by atoms with Gasteiger partial charge in [0, 0.05) is 24.6 Å². The Balaban J connectivity index is 1.88. The van der Waals surface area contributed by atoms with E-state index in [0.717, 1.165) is 25.2 Å². The van der Waals surface area contributed by atoms with E-state index in [1.54, 1.807) is 12.1 Å². The average molecular weight is 281 g/mol. The van der Waals surface area contributed by atoms with E-state index in [2.05, 4.69) is 26.1 Å². The molecule has 1 saturated heterocycles. The van der Waals surface area contributed by atoms with Gasteiger partial charge < -0.3 is 14.8 Å². The summed E-state index contributed by atoms with van der Waals surface area (Å²) >= 11 is 0. The van der Waals surface area contributed by atoms with E-state index in [9.17, 15) is 4.39 Å². The van der Waals surface area contributed by atoms with Crippen molar-refractivity contribution < 1.29 is 13.9 Å². The van der Waals surface area contributed by atoms with Gasteiger partial charge in [0.15, 0.2) is 11.6 Å². The lowest BCUT2D eigenvalue weighted by Gasteiger charge is -2.20. The lowest BCUT2D eigenvalue weighted by atomic mass is 10.1. The topological polar surface area (TPSA) is 30.5 Å². The van der Waals surface area contributed by atoms with E-state index in [1.165, 1.54) is 0 Å². The molecule has 0 aromatic heterocycles. The first-order valence-electron chi connectivity index (χ1n) is 7.18. The molecule has 1 atom stereocenters. The number of halogens is 1. The largest absolute Gasteiger partial charge is 0.490 e. The minimum absolute atomic E-state index is 0.0219. The van der Waals surface area contributed by atoms with Crippen molar-refractivity contribution in [2.24, 2.45) is 5.92 Å². The molecule has 1 aromatic rings. The van der Waals surface area contributed by atoms with Gasteiger partial charge in [0.05, 0.1) is 13.2 Å². The predicted molar refractivity (Wildman–Crippen MR) is 77.4 cm³/mol. The van der Waals surface area contributed by atoms with Crippen molar-refractivity contribution in [1.82, 2.24) is 5.32 Å². The van der Waals surface area contributed by atoms with Crippen LogP contribution in [0.2, 0.25) is 0 Å². The molecule has 0 amide bonds. The highest BCUT2D eigenvalue weighted by Crippen LogP contribution is 2.21. The van der Waals surface area contributed by atoms with Gasteiger partial charge in [-0.05, 0) is 44.9 Å². The highest BCUT2D eigenvalue weighted by Gasteiger charge is 2.17. The molecule has 0 saturated carbocycles. The first-order chi connectivity index (χ1) is 9.44. The fourth-order valence-electron chi connectivity index (χ4n) is 2.06. The van der Waals surface area contributed by atoms with Gasteiger partial charge in [0.2, 0.25) is 0 Å². The monoisotopic (exact) mass is 281 g/mol. The highest BCUT2D eigenvalue weighted by molar-refractivity contribution is 5.29. The normalized spacial score (nSPS) is 19.3. The Kier molecular flexibility index (Phi) is 5.00. The summed E-state index contributed by atoms with van der Waals surface area (Å²) in [6, 6.07) is 5.16. The van der Waals surface area contributed by atoms with E-state index in [1.807, 2.05) is 6.07 Å². The summed E-state index contributed by atoms with van der Waals surface area (Å²) in [4.78, 5) is 0. The van der Waals surface area contributed by atoms with Crippen molar-refractivity contribution in [2.45, 2.75) is 39.3 Å². The van der Waals surface area contributed by atoms with Crippen molar-refractivity contribution in [3.05, 3.63) is 29.6 Å². The number of benzene rings is 1. The SMILES string of the molecule is CC(C)(C)NCc1ccc(OCC2CCOC2)c(F)c1. The quantitative estimate of drug-likeness (QED) is 0.899. The van der Waals surface area contributed by atoms with Crippen LogP contribution in [0.3, 0.4) is 0 Å². The minimum atomic E-state index is -0.294. The van der Waals surface area contributed by atoms with Crippen LogP contribution in [0, 0.1) is 11.7 Å². The maximum Gasteiger partial charge on any atom is 0.165 e. The van der Waals surface area contributed by atoms with E-state index in [0.29, 0.717) is 24.8 Å². The molecule has 1 aliphatic rings. The third kappa shape index (κ3) is 4.76. The van der Waals surface area contributed by atoms with Gasteiger partial charge in [-0.25, -0.2) is 4.39 Å². The van der Waals surface area contributed by atoms with Crippen molar-refractivity contribution in [3.8, 4) is 5.75 Å². The molecule has 1 heterocycles. The van der Waals surface area contributed by atoms with E-state index < -0.39 is 0 Å². The molecule has 2 rings (SSSR count). The Morgan fingerprint density at radius 1 is 1.40 bits per heavy atom. The molecule has 4 heteroatoms. The summed E-state index contributed by atoms with van der Waals surface area (Å²) in [5.41, 5.74) is 0.947. The molecule has 1 aromatic carbocycles. The Bertz CT molecular complexity index is 437. The number of hydrogen-bond donors (Lipinski definition) is 1. The van der Waals surface area contributed by atoms with E-state index >= 15 is 0 Å². The van der Waals surface area contributed by atoms with E-state index in [-0.39, 0.29) is 11.4 Å². The standard InChI is InChI=1S/C16H24FNO2/c1-16(2,3)18-9-12-4-5-15(14(17)8-12)20-11-13-6-7-19-10-13/h4-5,8,13,18H,6-7,9-11H2,1-3H3. The first kappa shape index (κ1) is 15.3. The zero-order valence-corrected chi connectivity index (χ0v) is 12.5. The third-order valence-electron chi connectivity index (χ3n) is 3.32. The third-order valence-corrected chi connectivity index (χ3v) is 3.32. The predicted octanol–water partition coefficient (Wildman–Crippen LogP) is 3.13. The summed E-state index contributed by atoms with van der Waals surface area (Å²) in [5, 5.41) is 3.34. The summed E-state index contributed by atoms with van der Waals surface area (Å²) in [7, 11) is 0. The van der Waals surface area contributed by atoms with Crippen LogP contribution >= 0.6 is 0 Å². The van der Waals surface area contributed by atoms with Gasteiger partial charge in [-0.15, -0.1) is 0 Å². The van der Waals surface area contributed by atoms with Crippen LogP contribution in [-0.2, 0) is 11.3 Å². The maximum atomic E-state index is 14.0. The van der Waals surface area contributed by atoms with Gasteiger partial charge >= 0.3 is 0 Å². The fourth-order valence-corrected chi connectivity index (χ4v) is 2.06. The molecule has 0 radical (unpaired) electrons. The Hall–Kier alpha value is -1.13. The van der Waals surface area contributed by atoms with Crippen molar-refractivity contribution in [2.75, 3.05) is 19.8 Å². The molecule has 0 bridgehead atoms. The fraction of sp³-hybridized carbons (Fsp3) is 0.625. The molecule has 1 aliphatic heterocycles. The number of ether oxygens (including phenoxy) is 2. The van der Waals surface area contributed by atoms with Gasteiger partial charge in [0.25, 0.3) is 0 Å². The van der Waals surface area contributed by atoms with Gasteiger partial charge in [-0.1, -0.05) is 6.07 Å². The molecule has 20 heavy (non-hydrogen) atoms. The molecular formula is C16H24FNO2. The molecule has 3 nitrogen and oxygen atoms in total. The molecule has 0 aliphatic carbocycles. The number of rotatable bonds is 5. The smallest absolute Gasteiger partial charge is 0.165 e. The molecule has 1 fully saturated rings. The average Bonchev–Trinajstić information content (AvgIpc) is 2.87. The molecule has 0 spiro atoms. The van der Waals surface area contributed by atoms with Crippen LogP contribution in [0.25, 0.3) is 0 Å². The summed E-state index contributed by atoms with van der Waals surface area (Å²) < 4.78 is 24.8. The van der Waals surface area contributed by atoms with Crippen LogP contribution in [0.4, 0.5) is 4.39 Å². The zero-order valence-electron chi connectivity index (χ0n) is 12.5. The summed E-state index contributed by atoms with van der Waals surface area (Å²) in [5.74, 6) is 0.421. The van der Waals surface area contributed by atoms with Gasteiger partial charge in [-0.2, -0.15) is 0 Å².